The Bertz CT molecular complexity index is 3220. The van der Waals surface area contributed by atoms with Crippen LogP contribution in [0.2, 0.25) is 0 Å². The number of phenols is 1. The quantitative estimate of drug-likeness (QED) is 0.195. The van der Waals surface area contributed by atoms with Crippen LogP contribution in [0.4, 0.5) is 10.1 Å². The number of carbonyl (C=O) groups is 6. The minimum Gasteiger partial charge on any atom is -0.507 e. The molecule has 3 fully saturated rings. The summed E-state index contributed by atoms with van der Waals surface area (Å²) in [6.07, 6.45) is 6.50. The average Bonchev–Trinajstić information content (AvgIpc) is 4.07. The minimum absolute atomic E-state index is 0.0412. The molecule has 2 aromatic heterocycles. The van der Waals surface area contributed by atoms with Gasteiger partial charge in [-0.05, 0) is 75.6 Å². The van der Waals surface area contributed by atoms with Crippen LogP contribution in [0.15, 0.2) is 64.6 Å². The summed E-state index contributed by atoms with van der Waals surface area (Å²) in [6.45, 7) is 12.5. The molecule has 8 atom stereocenters. The lowest BCUT2D eigenvalue weighted by molar-refractivity contribution is -0.153. The number of esters is 1. The number of carboxylic acids is 1. The average molecular weight is 1080 g/mol. The normalized spacial score (nSPS) is 29.0. The van der Waals surface area contributed by atoms with Crippen molar-refractivity contribution in [2.45, 2.75) is 123 Å². The largest absolute Gasteiger partial charge is 0.507 e. The fraction of sp³-hybridized carbons (Fsp3) is 0.491. The van der Waals surface area contributed by atoms with Gasteiger partial charge in [0.25, 0.3) is 17.2 Å². The standard InChI is InChI=1S/C57H66FN5O15/c1-27-10-9-11-28(2)54(71)59-45-48(61-19-17-60(18-20-61)34-14-16-62(25-34)47-30(4)46-36(33-12-13-33)24-37(56(73)74)55(72)63(46)26-38(47)58)51(69)42-43(50(45)68)49(67)31(5)52-44(42)53(70)57(7,78-52)76-21-15-40(75-8)29(3)41(77-32(6)64)23-35(65)22-39(27)66/h9-11,15,21,24,26-27,29,33-35,39-41,65-67H,12-14,16-20,22-23,25H2,1-8H3,(H,59,71)(H,73,74)/b10-9+,21-15+,28-11-/t27-,29+,34?,35+,39+,40-,41-,57-/m0/s1. The number of phenolic OH excluding ortho intramolecular Hbond substituents is 1. The SMILES string of the molecule is CO[C@H]1/C=C/O[C@@]2(C)Oc3c(C)c(O)c4c(c3C2=O)C(=O)C(N2CCN(C3CCN(c5c(F)cn6c(=O)c(C(=O)O)cc(C7CC7)c6c5C)C3)CC2)=C(NC(=O)/C(C)=C\C=C\[C@H](C)[C@H](O)C[C@@H](O)C[C@H](OC(C)=O)[C@@H]1C)C4=O. The lowest BCUT2D eigenvalue weighted by Crippen LogP contribution is -2.53. The van der Waals surface area contributed by atoms with Gasteiger partial charge in [0.05, 0.1) is 58.7 Å². The fourth-order valence-corrected chi connectivity index (χ4v) is 11.7. The molecule has 5 N–H and O–H groups in total. The van der Waals surface area contributed by atoms with Crippen LogP contribution in [-0.4, -0.2) is 152 Å². The van der Waals surface area contributed by atoms with E-state index in [2.05, 4.69) is 10.2 Å². The van der Waals surface area contributed by atoms with Crippen molar-refractivity contribution >= 4 is 46.4 Å². The number of allylic oxidation sites excluding steroid dienone is 4. The monoisotopic (exact) mass is 1080 g/mol. The first kappa shape index (κ1) is 55.6. The third-order valence-electron chi connectivity index (χ3n) is 16.3. The summed E-state index contributed by atoms with van der Waals surface area (Å²) in [5.41, 5.74) is -0.970. The number of halogens is 1. The topological polar surface area (TPSA) is 263 Å². The third-order valence-corrected chi connectivity index (χ3v) is 16.3. The molecular formula is C57H66FN5O15. The number of rotatable bonds is 7. The Labute approximate surface area is 449 Å². The van der Waals surface area contributed by atoms with Gasteiger partial charge in [-0.15, -0.1) is 0 Å². The van der Waals surface area contributed by atoms with E-state index in [1.807, 2.05) is 4.90 Å². The van der Waals surface area contributed by atoms with E-state index in [0.717, 1.165) is 29.7 Å². The lowest BCUT2D eigenvalue weighted by Gasteiger charge is -2.41. The molecule has 5 bridgehead atoms. The Kier molecular flexibility index (Phi) is 15.4. The summed E-state index contributed by atoms with van der Waals surface area (Å²) in [5, 5.41) is 46.5. The number of piperazine rings is 1. The number of aliphatic hydroxyl groups is 2. The van der Waals surface area contributed by atoms with Gasteiger partial charge in [0, 0.05) is 95.7 Å². The van der Waals surface area contributed by atoms with E-state index in [1.165, 1.54) is 59.1 Å². The second kappa shape index (κ2) is 21.6. The second-order valence-corrected chi connectivity index (χ2v) is 21.6. The number of nitrogens with one attached hydrogen (secondary N) is 1. The van der Waals surface area contributed by atoms with Crippen molar-refractivity contribution in [2.75, 3.05) is 51.3 Å². The number of carboxylic acid groups (broad SMARTS) is 1. The number of ketones is 3. The summed E-state index contributed by atoms with van der Waals surface area (Å²) in [6, 6.07) is 1.33. The first-order valence-electron chi connectivity index (χ1n) is 26.4. The number of aryl methyl sites for hydroxylation is 1. The molecule has 0 radical (unpaired) electrons. The van der Waals surface area contributed by atoms with Crippen molar-refractivity contribution < 1.29 is 72.5 Å². The van der Waals surface area contributed by atoms with Crippen molar-refractivity contribution in [2.24, 2.45) is 11.8 Å². The van der Waals surface area contributed by atoms with Gasteiger partial charge < -0.3 is 54.5 Å². The van der Waals surface area contributed by atoms with Gasteiger partial charge in [-0.2, -0.15) is 0 Å². The van der Waals surface area contributed by atoms with Gasteiger partial charge in [0.15, 0.2) is 5.82 Å². The number of methoxy groups -OCH3 is 1. The molecule has 5 aliphatic heterocycles. The molecule has 1 saturated carbocycles. The number of fused-ring (bicyclic) bond motifs is 15. The first-order chi connectivity index (χ1) is 37.0. The second-order valence-electron chi connectivity index (χ2n) is 21.6. The zero-order valence-electron chi connectivity index (χ0n) is 44.9. The molecule has 20 nitrogen and oxygen atoms in total. The minimum atomic E-state index is -2.15. The number of pyridine rings is 2. The number of aliphatic hydroxyl groups excluding tert-OH is 2. The Hall–Kier alpha value is -7.20. The molecular weight excluding hydrogens is 1010 g/mol. The molecule has 2 aliphatic carbocycles. The van der Waals surface area contributed by atoms with E-state index in [4.69, 9.17) is 18.9 Å². The molecule has 21 heteroatoms. The number of hydrogen-bond acceptors (Lipinski definition) is 17. The summed E-state index contributed by atoms with van der Waals surface area (Å²) >= 11 is 0. The smallest absolute Gasteiger partial charge is 0.341 e. The molecule has 0 spiro atoms. The Balaban J connectivity index is 1.04. The molecule has 1 aromatic carbocycles. The van der Waals surface area contributed by atoms with E-state index in [0.29, 0.717) is 54.9 Å². The van der Waals surface area contributed by atoms with Crippen molar-refractivity contribution in [1.29, 1.82) is 0 Å². The number of benzene rings is 1. The number of aromatic carboxylic acids is 1. The number of ether oxygens (including phenoxy) is 4. The Morgan fingerprint density at radius 3 is 2.26 bits per heavy atom. The summed E-state index contributed by atoms with van der Waals surface area (Å²) < 4.78 is 40.9. The van der Waals surface area contributed by atoms with Gasteiger partial charge in [-0.25, -0.2) is 9.18 Å². The van der Waals surface area contributed by atoms with E-state index in [-0.39, 0.29) is 66.0 Å². The van der Waals surface area contributed by atoms with Crippen molar-refractivity contribution in [1.82, 2.24) is 19.5 Å². The third kappa shape index (κ3) is 10.1. The zero-order valence-corrected chi connectivity index (χ0v) is 44.9. The highest BCUT2D eigenvalue weighted by Gasteiger charge is 2.53. The Morgan fingerprint density at radius 2 is 1.60 bits per heavy atom. The van der Waals surface area contributed by atoms with Gasteiger partial charge in [0.2, 0.25) is 11.6 Å². The van der Waals surface area contributed by atoms with Gasteiger partial charge in [-0.3, -0.25) is 38.1 Å². The molecule has 1 amide bonds. The predicted octanol–water partition coefficient (Wildman–Crippen LogP) is 5.00. The number of aromatic nitrogens is 1. The number of nitrogens with zero attached hydrogens (tertiary/aromatic N) is 4. The number of anilines is 1. The maximum Gasteiger partial charge on any atom is 0.341 e. The van der Waals surface area contributed by atoms with E-state index in [9.17, 15) is 44.4 Å². The van der Waals surface area contributed by atoms with Crippen LogP contribution in [0.3, 0.4) is 0 Å². The molecule has 10 rings (SSSR count). The predicted molar refractivity (Wildman–Crippen MR) is 280 cm³/mol. The van der Waals surface area contributed by atoms with Gasteiger partial charge in [-0.1, -0.05) is 32.1 Å². The summed E-state index contributed by atoms with van der Waals surface area (Å²) in [7, 11) is 1.41. The van der Waals surface area contributed by atoms with E-state index < -0.39 is 117 Å². The highest BCUT2D eigenvalue weighted by Crippen LogP contribution is 2.49. The number of carbonyl (C=O) groups excluding carboxylic acids is 5. The maximum atomic E-state index is 16.2. The molecule has 2 saturated heterocycles. The van der Waals surface area contributed by atoms with Crippen LogP contribution < -0.4 is 20.5 Å². The zero-order chi connectivity index (χ0) is 56.4. The summed E-state index contributed by atoms with van der Waals surface area (Å²) in [4.78, 5) is 103. The van der Waals surface area contributed by atoms with Crippen LogP contribution in [0.1, 0.15) is 131 Å². The van der Waals surface area contributed by atoms with E-state index >= 15 is 14.0 Å². The molecule has 416 valence electrons. The fourth-order valence-electron chi connectivity index (χ4n) is 11.7. The van der Waals surface area contributed by atoms with Gasteiger partial charge in [0.1, 0.15) is 34.6 Å². The molecule has 78 heavy (non-hydrogen) atoms. The molecule has 3 aromatic rings. The lowest BCUT2D eigenvalue weighted by atomic mass is 9.82. The van der Waals surface area contributed by atoms with E-state index in [1.54, 1.807) is 31.7 Å². The number of amides is 1. The van der Waals surface area contributed by atoms with Crippen LogP contribution in [0.5, 0.6) is 11.5 Å². The molecule has 1 unspecified atom stereocenters. The molecule has 7 heterocycles. The van der Waals surface area contributed by atoms with Crippen molar-refractivity contribution in [3.63, 3.8) is 0 Å². The molecule has 7 aliphatic rings. The van der Waals surface area contributed by atoms with Crippen molar-refractivity contribution in [3.05, 3.63) is 115 Å². The number of hydrogen-bond donors (Lipinski definition) is 5. The van der Waals surface area contributed by atoms with Crippen LogP contribution >= 0.6 is 0 Å². The Morgan fingerprint density at radius 1 is 0.897 bits per heavy atom. The number of Topliss-reactive ketones (excluding diaryl/α,β-unsaturated/α-hetero) is 3. The van der Waals surface area contributed by atoms with Crippen LogP contribution in [0.25, 0.3) is 5.52 Å². The highest BCUT2D eigenvalue weighted by atomic mass is 19.1. The first-order valence-corrected chi connectivity index (χ1v) is 26.4. The number of aromatic hydroxyl groups is 1. The maximum absolute atomic E-state index is 16.2. The highest BCUT2D eigenvalue weighted by molar-refractivity contribution is 6.32. The van der Waals surface area contributed by atoms with Crippen LogP contribution in [-0.2, 0) is 23.8 Å². The van der Waals surface area contributed by atoms with Gasteiger partial charge >= 0.3 is 17.7 Å². The van der Waals surface area contributed by atoms with Crippen molar-refractivity contribution in [3.8, 4) is 11.5 Å². The van der Waals surface area contributed by atoms with Crippen LogP contribution in [0, 0.1) is 31.5 Å². The summed E-state index contributed by atoms with van der Waals surface area (Å²) in [5.74, 6) is -10.1.